The normalized spacial score (nSPS) is 23.5. The van der Waals surface area contributed by atoms with Crippen molar-refractivity contribution in [1.29, 1.82) is 0 Å². The minimum atomic E-state index is -0.837. The highest BCUT2D eigenvalue weighted by molar-refractivity contribution is 5.94. The molecule has 0 aromatic heterocycles. The fourth-order valence-electron chi connectivity index (χ4n) is 5.41. The van der Waals surface area contributed by atoms with E-state index in [0.717, 1.165) is 16.7 Å². The second kappa shape index (κ2) is 14.9. The summed E-state index contributed by atoms with van der Waals surface area (Å²) in [6.07, 6.45) is -2.54. The van der Waals surface area contributed by atoms with Crippen LogP contribution in [-0.4, -0.2) is 55.7 Å². The van der Waals surface area contributed by atoms with Crippen LogP contribution in [0.4, 0.5) is 4.79 Å². The summed E-state index contributed by atoms with van der Waals surface area (Å²) >= 11 is 0. The number of carbonyl (C=O) groups is 2. The van der Waals surface area contributed by atoms with Crippen molar-refractivity contribution in [3.8, 4) is 0 Å². The maximum Gasteiger partial charge on any atom is 0.337 e. The number of hydrogen-bond donors (Lipinski definition) is 2. The molecule has 1 fully saturated rings. The summed E-state index contributed by atoms with van der Waals surface area (Å²) in [6, 6.07) is 28.3. The van der Waals surface area contributed by atoms with Crippen molar-refractivity contribution in [2.75, 3.05) is 13.2 Å². The summed E-state index contributed by atoms with van der Waals surface area (Å²) in [5.74, 6) is -0.534. The van der Waals surface area contributed by atoms with Gasteiger partial charge in [-0.25, -0.2) is 9.59 Å². The molecule has 226 valence electrons. The molecular weight excluding hydrogens is 548 g/mol. The molecule has 9 nitrogen and oxygen atoms in total. The smallest absolute Gasteiger partial charge is 0.337 e. The van der Waals surface area contributed by atoms with Crippen LogP contribution in [0.3, 0.4) is 0 Å². The van der Waals surface area contributed by atoms with Crippen LogP contribution in [0.2, 0.25) is 0 Å². The molecule has 3 aromatic carbocycles. The average molecular weight is 587 g/mol. The second-order valence-corrected chi connectivity index (χ2v) is 10.5. The zero-order valence-corrected chi connectivity index (χ0v) is 24.4. The van der Waals surface area contributed by atoms with Gasteiger partial charge in [0.05, 0.1) is 44.6 Å². The summed E-state index contributed by atoms with van der Waals surface area (Å²) < 4.78 is 31.2. The van der Waals surface area contributed by atoms with Crippen LogP contribution in [0.25, 0.3) is 0 Å². The van der Waals surface area contributed by atoms with Crippen LogP contribution in [-0.2, 0) is 48.3 Å². The Morgan fingerprint density at radius 2 is 1.33 bits per heavy atom. The maximum atomic E-state index is 13.1. The molecule has 0 spiro atoms. The topological polar surface area (TPSA) is 104 Å². The predicted octanol–water partition coefficient (Wildman–Crippen LogP) is 4.66. The highest BCUT2D eigenvalue weighted by Gasteiger charge is 2.52. The van der Waals surface area contributed by atoms with E-state index in [1.165, 1.54) is 0 Å². The molecule has 5 atom stereocenters. The van der Waals surface area contributed by atoms with Crippen LogP contribution < -0.4 is 10.6 Å². The molecule has 0 saturated carbocycles. The molecule has 5 rings (SSSR count). The van der Waals surface area contributed by atoms with Crippen molar-refractivity contribution in [2.45, 2.75) is 64.1 Å². The Bertz CT molecular complexity index is 1370. The Morgan fingerprint density at radius 1 is 0.791 bits per heavy atom. The molecule has 9 heteroatoms. The zero-order chi connectivity index (χ0) is 30.0. The molecule has 0 aliphatic carbocycles. The number of carbonyl (C=O) groups excluding carboxylic acids is 2. The van der Waals surface area contributed by atoms with E-state index in [4.69, 9.17) is 23.7 Å². The van der Waals surface area contributed by atoms with E-state index in [-0.39, 0.29) is 25.4 Å². The monoisotopic (exact) mass is 586 g/mol. The molecule has 2 heterocycles. The van der Waals surface area contributed by atoms with Crippen LogP contribution in [0.1, 0.15) is 30.5 Å². The van der Waals surface area contributed by atoms with Gasteiger partial charge in [0.2, 0.25) is 0 Å². The number of amides is 2. The standard InChI is InChI=1S/C34H38N2O7/c1-3-40-33(37)28-23(2)35-34(38)36-29(28)31-32(42-21-26-17-11-6-12-18-26)30(41-20-25-15-9-5-10-16-25)27(43-31)22-39-19-24-13-7-4-8-14-24/h4-18,27,29-32H,3,19-22H2,1-2H3,(H2,35,36,38)/t27-,29+,30-,31?,32-/m1/s1. The Hall–Kier alpha value is -4.02. The minimum Gasteiger partial charge on any atom is -0.463 e. The van der Waals surface area contributed by atoms with Crippen molar-refractivity contribution in [1.82, 2.24) is 10.6 Å². The quantitative estimate of drug-likeness (QED) is 0.281. The number of ether oxygens (including phenoxy) is 5. The molecule has 1 saturated heterocycles. The van der Waals surface area contributed by atoms with Gasteiger partial charge in [0.25, 0.3) is 0 Å². The third kappa shape index (κ3) is 7.88. The largest absolute Gasteiger partial charge is 0.463 e. The highest BCUT2D eigenvalue weighted by atomic mass is 16.6. The second-order valence-electron chi connectivity index (χ2n) is 10.5. The number of urea groups is 1. The number of benzene rings is 3. The summed E-state index contributed by atoms with van der Waals surface area (Å²) in [5, 5.41) is 5.59. The van der Waals surface area contributed by atoms with E-state index < -0.39 is 42.5 Å². The molecule has 0 bridgehead atoms. The molecule has 2 aliphatic rings. The van der Waals surface area contributed by atoms with Gasteiger partial charge in [0.15, 0.2) is 0 Å². The van der Waals surface area contributed by atoms with E-state index in [2.05, 4.69) is 10.6 Å². The van der Waals surface area contributed by atoms with Gasteiger partial charge in [-0.3, -0.25) is 0 Å². The molecule has 0 radical (unpaired) electrons. The first-order chi connectivity index (χ1) is 21.0. The van der Waals surface area contributed by atoms with E-state index in [1.54, 1.807) is 13.8 Å². The van der Waals surface area contributed by atoms with Crippen LogP contribution in [0, 0.1) is 0 Å². The third-order valence-electron chi connectivity index (χ3n) is 7.44. The lowest BCUT2D eigenvalue weighted by atomic mass is 9.93. The van der Waals surface area contributed by atoms with E-state index in [0.29, 0.717) is 18.9 Å². The van der Waals surface area contributed by atoms with E-state index in [9.17, 15) is 9.59 Å². The maximum absolute atomic E-state index is 13.1. The SMILES string of the molecule is CCOC(=O)C1=C(C)NC(=O)N[C@@H]1C1O[C@H](COCc2ccccc2)[C@@H](OCc2ccccc2)[C@H]1OCc1ccccc1. The van der Waals surface area contributed by atoms with E-state index in [1.807, 2.05) is 91.0 Å². The Morgan fingerprint density at radius 3 is 1.88 bits per heavy atom. The summed E-state index contributed by atoms with van der Waals surface area (Å²) in [5.41, 5.74) is 3.69. The average Bonchev–Trinajstić information content (AvgIpc) is 3.37. The summed E-state index contributed by atoms with van der Waals surface area (Å²) in [7, 11) is 0. The number of allylic oxidation sites excluding steroid dienone is 1. The van der Waals surface area contributed by atoms with Crippen molar-refractivity contribution in [3.63, 3.8) is 0 Å². The minimum absolute atomic E-state index is 0.189. The van der Waals surface area contributed by atoms with Crippen LogP contribution in [0.5, 0.6) is 0 Å². The fraction of sp³-hybridized carbons (Fsp3) is 0.353. The van der Waals surface area contributed by atoms with Gasteiger partial charge in [-0.15, -0.1) is 0 Å². The fourth-order valence-corrected chi connectivity index (χ4v) is 5.41. The van der Waals surface area contributed by atoms with E-state index >= 15 is 0 Å². The number of esters is 1. The van der Waals surface area contributed by atoms with Crippen molar-refractivity contribution in [2.24, 2.45) is 0 Å². The molecule has 43 heavy (non-hydrogen) atoms. The van der Waals surface area contributed by atoms with Gasteiger partial charge < -0.3 is 34.3 Å². The molecule has 3 aromatic rings. The molecule has 2 N–H and O–H groups in total. The summed E-state index contributed by atoms with van der Waals surface area (Å²) in [6.45, 7) is 4.81. The van der Waals surface area contributed by atoms with Gasteiger partial charge >= 0.3 is 12.0 Å². The lowest BCUT2D eigenvalue weighted by Crippen LogP contribution is -2.58. The first-order valence-electron chi connectivity index (χ1n) is 14.6. The van der Waals surface area contributed by atoms with Crippen molar-refractivity contribution in [3.05, 3.63) is 119 Å². The predicted molar refractivity (Wildman–Crippen MR) is 160 cm³/mol. The number of nitrogens with one attached hydrogen (secondary N) is 2. The lowest BCUT2D eigenvalue weighted by Gasteiger charge is -2.34. The van der Waals surface area contributed by atoms with Gasteiger partial charge in [0, 0.05) is 5.70 Å². The van der Waals surface area contributed by atoms with Gasteiger partial charge in [-0.1, -0.05) is 91.0 Å². The highest BCUT2D eigenvalue weighted by Crippen LogP contribution is 2.34. The number of hydrogen-bond acceptors (Lipinski definition) is 7. The Labute approximate surface area is 252 Å². The first kappa shape index (κ1) is 30.4. The molecule has 1 unspecified atom stereocenters. The zero-order valence-electron chi connectivity index (χ0n) is 24.4. The Balaban J connectivity index is 1.45. The van der Waals surface area contributed by atoms with Gasteiger partial charge in [-0.05, 0) is 30.5 Å². The molecule has 2 amide bonds. The molecular formula is C34H38N2O7. The lowest BCUT2D eigenvalue weighted by molar-refractivity contribution is -0.140. The summed E-state index contributed by atoms with van der Waals surface area (Å²) in [4.78, 5) is 25.8. The van der Waals surface area contributed by atoms with Crippen LogP contribution in [0.15, 0.2) is 102 Å². The van der Waals surface area contributed by atoms with Crippen molar-refractivity contribution < 1.29 is 33.3 Å². The van der Waals surface area contributed by atoms with Gasteiger partial charge in [0.1, 0.15) is 24.4 Å². The first-order valence-corrected chi connectivity index (χ1v) is 14.6. The third-order valence-corrected chi connectivity index (χ3v) is 7.44. The number of rotatable bonds is 13. The van der Waals surface area contributed by atoms with Crippen LogP contribution >= 0.6 is 0 Å². The Kier molecular flexibility index (Phi) is 10.6. The van der Waals surface area contributed by atoms with Gasteiger partial charge in [-0.2, -0.15) is 0 Å². The molecule has 2 aliphatic heterocycles. The van der Waals surface area contributed by atoms with Crippen molar-refractivity contribution >= 4 is 12.0 Å².